The van der Waals surface area contributed by atoms with Gasteiger partial charge in [-0.05, 0) is 70.7 Å². The van der Waals surface area contributed by atoms with E-state index in [4.69, 9.17) is 5.73 Å². The van der Waals surface area contributed by atoms with Crippen LogP contribution in [0.25, 0.3) is 0 Å². The van der Waals surface area contributed by atoms with E-state index >= 15 is 0 Å². The zero-order chi connectivity index (χ0) is 13.1. The van der Waals surface area contributed by atoms with Crippen LogP contribution in [0.4, 0.5) is 5.69 Å². The lowest BCUT2D eigenvalue weighted by Crippen LogP contribution is -1.89. The van der Waals surface area contributed by atoms with Crippen molar-refractivity contribution in [3.05, 3.63) is 57.6 Å². The van der Waals surface area contributed by atoms with Gasteiger partial charge in [0.1, 0.15) is 0 Å². The van der Waals surface area contributed by atoms with Crippen LogP contribution in [-0.4, -0.2) is 0 Å². The van der Waals surface area contributed by atoms with E-state index in [1.807, 2.05) is 23.9 Å². The van der Waals surface area contributed by atoms with Crippen LogP contribution in [0.1, 0.15) is 16.7 Å². The molecule has 2 aromatic carbocycles. The third-order valence-electron chi connectivity index (χ3n) is 2.94. The second kappa shape index (κ2) is 5.81. The normalized spacial score (nSPS) is 10.6. The summed E-state index contributed by atoms with van der Waals surface area (Å²) in [5, 5.41) is 0. The lowest BCUT2D eigenvalue weighted by molar-refractivity contribution is 1.27. The molecule has 0 atom stereocenters. The van der Waals surface area contributed by atoms with Crippen LogP contribution in [0.5, 0.6) is 0 Å². The van der Waals surface area contributed by atoms with E-state index in [1.165, 1.54) is 21.6 Å². The number of rotatable bonds is 3. The van der Waals surface area contributed by atoms with Crippen molar-refractivity contribution in [2.75, 3.05) is 5.73 Å². The average molecular weight is 322 g/mol. The Morgan fingerprint density at radius 2 is 1.83 bits per heavy atom. The molecule has 0 amide bonds. The van der Waals surface area contributed by atoms with Crippen molar-refractivity contribution in [1.29, 1.82) is 0 Å². The minimum absolute atomic E-state index is 0.799. The number of aryl methyl sites for hydroxylation is 2. The van der Waals surface area contributed by atoms with Crippen molar-refractivity contribution in [3.8, 4) is 0 Å². The lowest BCUT2D eigenvalue weighted by atomic mass is 10.1. The van der Waals surface area contributed by atoms with Crippen LogP contribution < -0.4 is 5.73 Å². The summed E-state index contributed by atoms with van der Waals surface area (Å²) >= 11 is 5.25. The van der Waals surface area contributed by atoms with Crippen molar-refractivity contribution >= 4 is 33.4 Å². The van der Waals surface area contributed by atoms with Gasteiger partial charge in [0.15, 0.2) is 0 Å². The molecule has 94 valence electrons. The summed E-state index contributed by atoms with van der Waals surface area (Å²) in [4.78, 5) is 1.31. The SMILES string of the molecule is Cc1ccc(SCc2ccc(Br)c(N)c2)cc1C. The van der Waals surface area contributed by atoms with Gasteiger partial charge < -0.3 is 5.73 Å². The Morgan fingerprint density at radius 1 is 1.06 bits per heavy atom. The zero-order valence-electron chi connectivity index (χ0n) is 10.5. The van der Waals surface area contributed by atoms with Gasteiger partial charge in [0, 0.05) is 20.8 Å². The maximum atomic E-state index is 5.88. The Hall–Kier alpha value is -0.930. The molecule has 2 aromatic rings. The number of benzene rings is 2. The van der Waals surface area contributed by atoms with Gasteiger partial charge in [-0.25, -0.2) is 0 Å². The fraction of sp³-hybridized carbons (Fsp3) is 0.200. The van der Waals surface area contributed by atoms with Crippen molar-refractivity contribution in [2.45, 2.75) is 24.5 Å². The molecular weight excluding hydrogens is 306 g/mol. The highest BCUT2D eigenvalue weighted by atomic mass is 79.9. The van der Waals surface area contributed by atoms with Gasteiger partial charge in [0.05, 0.1) is 0 Å². The highest BCUT2D eigenvalue weighted by Crippen LogP contribution is 2.27. The molecule has 0 unspecified atom stereocenters. The Balaban J connectivity index is 2.06. The third kappa shape index (κ3) is 3.30. The molecule has 0 fully saturated rings. The van der Waals surface area contributed by atoms with Gasteiger partial charge in [-0.2, -0.15) is 0 Å². The summed E-state index contributed by atoms with van der Waals surface area (Å²) in [5.74, 6) is 0.944. The predicted octanol–water partition coefficient (Wildman–Crippen LogP) is 4.94. The van der Waals surface area contributed by atoms with Crippen LogP contribution in [-0.2, 0) is 5.75 Å². The molecule has 2 N–H and O–H groups in total. The summed E-state index contributed by atoms with van der Waals surface area (Å²) in [7, 11) is 0. The standard InChI is InChI=1S/C15H16BrNS/c1-10-3-5-13(7-11(10)2)18-9-12-4-6-14(16)15(17)8-12/h3-8H,9,17H2,1-2H3. The number of halogens is 1. The van der Waals surface area contributed by atoms with Gasteiger partial charge in [-0.15, -0.1) is 11.8 Å². The van der Waals surface area contributed by atoms with Crippen molar-refractivity contribution in [1.82, 2.24) is 0 Å². The molecule has 0 bridgehead atoms. The van der Waals surface area contributed by atoms with Gasteiger partial charge >= 0.3 is 0 Å². The third-order valence-corrected chi connectivity index (χ3v) is 4.73. The Bertz CT molecular complexity index is 515. The maximum Gasteiger partial charge on any atom is 0.0461 e. The summed E-state index contributed by atoms with van der Waals surface area (Å²) in [6.07, 6.45) is 0. The molecule has 3 heteroatoms. The van der Waals surface area contributed by atoms with E-state index in [0.29, 0.717) is 0 Å². The van der Waals surface area contributed by atoms with E-state index in [-0.39, 0.29) is 0 Å². The smallest absolute Gasteiger partial charge is 0.0461 e. The first-order valence-electron chi connectivity index (χ1n) is 5.80. The molecule has 0 saturated carbocycles. The fourth-order valence-electron chi connectivity index (χ4n) is 1.65. The second-order valence-corrected chi connectivity index (χ2v) is 6.29. The maximum absolute atomic E-state index is 5.88. The largest absolute Gasteiger partial charge is 0.398 e. The first-order valence-corrected chi connectivity index (χ1v) is 7.58. The summed E-state index contributed by atoms with van der Waals surface area (Å²) in [6, 6.07) is 12.7. The van der Waals surface area contributed by atoms with E-state index in [9.17, 15) is 0 Å². The minimum atomic E-state index is 0.799. The van der Waals surface area contributed by atoms with Crippen molar-refractivity contribution < 1.29 is 0 Å². The number of hydrogen-bond acceptors (Lipinski definition) is 2. The molecule has 0 saturated heterocycles. The van der Waals surface area contributed by atoms with E-state index in [2.05, 4.69) is 54.0 Å². The molecule has 1 nitrogen and oxygen atoms in total. The summed E-state index contributed by atoms with van der Waals surface area (Å²) in [5.41, 5.74) is 10.6. The van der Waals surface area contributed by atoms with Crippen molar-refractivity contribution in [3.63, 3.8) is 0 Å². The zero-order valence-corrected chi connectivity index (χ0v) is 12.9. The molecule has 0 spiro atoms. The van der Waals surface area contributed by atoms with Gasteiger partial charge in [0.25, 0.3) is 0 Å². The Labute approximate surface area is 121 Å². The molecule has 0 aliphatic carbocycles. The molecular formula is C15H16BrNS. The number of anilines is 1. The number of hydrogen-bond donors (Lipinski definition) is 1. The van der Waals surface area contributed by atoms with Crippen LogP contribution >= 0.6 is 27.7 Å². The van der Waals surface area contributed by atoms with Gasteiger partial charge in [-0.3, -0.25) is 0 Å². The van der Waals surface area contributed by atoms with E-state index in [0.717, 1.165) is 15.9 Å². The first kappa shape index (κ1) is 13.5. The topological polar surface area (TPSA) is 26.0 Å². The molecule has 2 rings (SSSR count). The van der Waals surface area contributed by atoms with Crippen LogP contribution in [0.15, 0.2) is 45.8 Å². The average Bonchev–Trinajstić information content (AvgIpc) is 2.35. The molecule has 0 heterocycles. The van der Waals surface area contributed by atoms with Crippen LogP contribution in [0, 0.1) is 13.8 Å². The number of nitrogens with two attached hydrogens (primary N) is 1. The molecule has 0 aliphatic heterocycles. The monoisotopic (exact) mass is 321 g/mol. The molecule has 0 aliphatic rings. The number of nitrogen functional groups attached to an aromatic ring is 1. The summed E-state index contributed by atoms with van der Waals surface area (Å²) < 4.78 is 0.961. The van der Waals surface area contributed by atoms with Gasteiger partial charge in [-0.1, -0.05) is 12.1 Å². The van der Waals surface area contributed by atoms with Crippen LogP contribution in [0.3, 0.4) is 0 Å². The van der Waals surface area contributed by atoms with Crippen molar-refractivity contribution in [2.24, 2.45) is 0 Å². The van der Waals surface area contributed by atoms with E-state index in [1.54, 1.807) is 0 Å². The first-order chi connectivity index (χ1) is 8.56. The van der Waals surface area contributed by atoms with E-state index < -0.39 is 0 Å². The fourth-order valence-corrected chi connectivity index (χ4v) is 2.84. The highest BCUT2D eigenvalue weighted by molar-refractivity contribution is 9.10. The van der Waals surface area contributed by atoms with Gasteiger partial charge in [0.2, 0.25) is 0 Å². The minimum Gasteiger partial charge on any atom is -0.398 e. The quantitative estimate of drug-likeness (QED) is 0.640. The molecule has 18 heavy (non-hydrogen) atoms. The molecule has 0 radical (unpaired) electrons. The highest BCUT2D eigenvalue weighted by Gasteiger charge is 2.01. The Morgan fingerprint density at radius 3 is 2.50 bits per heavy atom. The number of thioether (sulfide) groups is 1. The summed E-state index contributed by atoms with van der Waals surface area (Å²) in [6.45, 7) is 4.29. The molecule has 0 aromatic heterocycles. The Kier molecular flexibility index (Phi) is 4.36. The predicted molar refractivity (Wildman–Crippen MR) is 84.0 cm³/mol. The van der Waals surface area contributed by atoms with Crippen LogP contribution in [0.2, 0.25) is 0 Å². The lowest BCUT2D eigenvalue weighted by Gasteiger charge is -2.06. The second-order valence-electron chi connectivity index (χ2n) is 4.39.